The molecule has 0 aromatic carbocycles. The number of carboxylic acids is 2. The number of hydrogen-bond acceptors (Lipinski definition) is 2. The van der Waals surface area contributed by atoms with E-state index < -0.39 is 11.9 Å². The fourth-order valence-electron chi connectivity index (χ4n) is 0.898. The van der Waals surface area contributed by atoms with Crippen molar-refractivity contribution in [2.45, 2.75) is 26.7 Å². The molecule has 4 nitrogen and oxygen atoms in total. The predicted octanol–water partition coefficient (Wildman–Crippen LogP) is 1.83. The lowest BCUT2D eigenvalue weighted by molar-refractivity contribution is -0.135. The van der Waals surface area contributed by atoms with Gasteiger partial charge in [-0.05, 0) is 19.8 Å². The van der Waals surface area contributed by atoms with Crippen LogP contribution in [0.15, 0.2) is 23.3 Å². The Morgan fingerprint density at radius 2 is 1.71 bits per heavy atom. The maximum atomic E-state index is 10.7. The number of carbonyl (C=O) groups is 2. The van der Waals surface area contributed by atoms with Crippen molar-refractivity contribution in [1.29, 1.82) is 0 Å². The molecule has 0 saturated heterocycles. The van der Waals surface area contributed by atoms with Gasteiger partial charge in [-0.2, -0.15) is 0 Å². The average molecular weight is 198 g/mol. The highest BCUT2D eigenvalue weighted by Crippen LogP contribution is 2.10. The third-order valence-corrected chi connectivity index (χ3v) is 1.76. The third-order valence-electron chi connectivity index (χ3n) is 1.76. The van der Waals surface area contributed by atoms with Gasteiger partial charge in [0.25, 0.3) is 0 Å². The standard InChI is InChI=1S/C10H14O4/c1-3-4-5-6-8(10(13)14)7(2)9(11)12/h4-5H,3,6H2,1-2H3,(H,11,12)(H,13,14). The second-order valence-electron chi connectivity index (χ2n) is 2.80. The van der Waals surface area contributed by atoms with Gasteiger partial charge in [-0.15, -0.1) is 0 Å². The Balaban J connectivity index is 4.77. The lowest BCUT2D eigenvalue weighted by Crippen LogP contribution is -2.08. The smallest absolute Gasteiger partial charge is 0.332 e. The van der Waals surface area contributed by atoms with Crippen LogP contribution in [0.3, 0.4) is 0 Å². The number of aliphatic carboxylic acids is 2. The molecule has 0 saturated carbocycles. The van der Waals surface area contributed by atoms with Crippen molar-refractivity contribution in [1.82, 2.24) is 0 Å². The maximum absolute atomic E-state index is 10.7. The molecule has 0 aliphatic rings. The predicted molar refractivity (Wildman–Crippen MR) is 52.0 cm³/mol. The molecule has 0 amide bonds. The van der Waals surface area contributed by atoms with Gasteiger partial charge >= 0.3 is 11.9 Å². The molecule has 4 heteroatoms. The van der Waals surface area contributed by atoms with E-state index in [9.17, 15) is 9.59 Å². The molecule has 0 unspecified atom stereocenters. The first-order valence-electron chi connectivity index (χ1n) is 4.32. The van der Waals surface area contributed by atoms with Crippen LogP contribution in [0, 0.1) is 0 Å². The fourth-order valence-corrected chi connectivity index (χ4v) is 0.898. The summed E-state index contributed by atoms with van der Waals surface area (Å²) in [5.74, 6) is -2.36. The van der Waals surface area contributed by atoms with Crippen LogP contribution >= 0.6 is 0 Å². The Hall–Kier alpha value is -1.58. The molecule has 0 spiro atoms. The summed E-state index contributed by atoms with van der Waals surface area (Å²) in [5, 5.41) is 17.3. The summed E-state index contributed by atoms with van der Waals surface area (Å²) >= 11 is 0. The van der Waals surface area contributed by atoms with Gasteiger partial charge in [0.1, 0.15) is 0 Å². The monoisotopic (exact) mass is 198 g/mol. The first-order chi connectivity index (χ1) is 6.50. The highest BCUT2D eigenvalue weighted by atomic mass is 16.4. The molecule has 78 valence electrons. The molecular weight excluding hydrogens is 184 g/mol. The van der Waals surface area contributed by atoms with Crippen LogP contribution in [0.5, 0.6) is 0 Å². The normalized spacial score (nSPS) is 12.7. The van der Waals surface area contributed by atoms with Gasteiger partial charge < -0.3 is 10.2 Å². The van der Waals surface area contributed by atoms with Gasteiger partial charge in [0.2, 0.25) is 0 Å². The topological polar surface area (TPSA) is 74.6 Å². The van der Waals surface area contributed by atoms with Crippen LogP contribution in [0.1, 0.15) is 26.7 Å². The molecule has 2 N–H and O–H groups in total. The van der Waals surface area contributed by atoms with Crippen LogP contribution < -0.4 is 0 Å². The molecule has 0 bridgehead atoms. The van der Waals surface area contributed by atoms with E-state index in [1.165, 1.54) is 6.92 Å². The van der Waals surface area contributed by atoms with Crippen molar-refractivity contribution in [3.8, 4) is 0 Å². The second kappa shape index (κ2) is 5.96. The molecule has 0 heterocycles. The van der Waals surface area contributed by atoms with Crippen molar-refractivity contribution in [3.05, 3.63) is 23.3 Å². The van der Waals surface area contributed by atoms with Gasteiger partial charge in [-0.25, -0.2) is 9.59 Å². The SMILES string of the molecule is CCC=CCC(C(=O)O)=C(C)C(=O)O. The van der Waals surface area contributed by atoms with Crippen LogP contribution in [-0.4, -0.2) is 22.2 Å². The third kappa shape index (κ3) is 3.89. The summed E-state index contributed by atoms with van der Waals surface area (Å²) in [6, 6.07) is 0. The summed E-state index contributed by atoms with van der Waals surface area (Å²) in [4.78, 5) is 21.2. The summed E-state index contributed by atoms with van der Waals surface area (Å²) in [6.07, 6.45) is 4.42. The van der Waals surface area contributed by atoms with E-state index in [0.29, 0.717) is 0 Å². The number of hydrogen-bond donors (Lipinski definition) is 2. The molecular formula is C10H14O4. The lowest BCUT2D eigenvalue weighted by atomic mass is 10.1. The van der Waals surface area contributed by atoms with Crippen molar-refractivity contribution < 1.29 is 19.8 Å². The van der Waals surface area contributed by atoms with Crippen molar-refractivity contribution in [2.75, 3.05) is 0 Å². The van der Waals surface area contributed by atoms with E-state index in [2.05, 4.69) is 0 Å². The summed E-state index contributed by atoms with van der Waals surface area (Å²) in [7, 11) is 0. The van der Waals surface area contributed by atoms with Crippen LogP contribution in [0.2, 0.25) is 0 Å². The van der Waals surface area contributed by atoms with Crippen molar-refractivity contribution in [2.24, 2.45) is 0 Å². The van der Waals surface area contributed by atoms with Crippen molar-refractivity contribution in [3.63, 3.8) is 0 Å². The zero-order valence-electron chi connectivity index (χ0n) is 8.28. The zero-order chi connectivity index (χ0) is 11.1. The minimum Gasteiger partial charge on any atom is -0.478 e. The summed E-state index contributed by atoms with van der Waals surface area (Å²) in [6.45, 7) is 3.22. The fraction of sp³-hybridized carbons (Fsp3) is 0.400. The Morgan fingerprint density at radius 3 is 2.07 bits per heavy atom. The second-order valence-corrected chi connectivity index (χ2v) is 2.80. The molecule has 14 heavy (non-hydrogen) atoms. The van der Waals surface area contributed by atoms with E-state index in [-0.39, 0.29) is 17.6 Å². The number of rotatable bonds is 5. The Morgan fingerprint density at radius 1 is 1.14 bits per heavy atom. The first-order valence-corrected chi connectivity index (χ1v) is 4.32. The minimum atomic E-state index is -1.19. The highest BCUT2D eigenvalue weighted by Gasteiger charge is 2.14. The van der Waals surface area contributed by atoms with Gasteiger partial charge in [-0.1, -0.05) is 19.1 Å². The minimum absolute atomic E-state index is 0.0674. The van der Waals surface area contributed by atoms with E-state index in [0.717, 1.165) is 6.42 Å². The lowest BCUT2D eigenvalue weighted by Gasteiger charge is -2.01. The van der Waals surface area contributed by atoms with Crippen molar-refractivity contribution >= 4 is 11.9 Å². The van der Waals surface area contributed by atoms with Gasteiger partial charge in [0.05, 0.1) is 5.57 Å². The van der Waals surface area contributed by atoms with Gasteiger partial charge in [0.15, 0.2) is 0 Å². The Kier molecular flexibility index (Phi) is 5.29. The van der Waals surface area contributed by atoms with Crippen LogP contribution in [-0.2, 0) is 9.59 Å². The van der Waals surface area contributed by atoms with E-state index >= 15 is 0 Å². The summed E-state index contributed by atoms with van der Waals surface area (Å²) in [5.41, 5.74) is -0.180. The van der Waals surface area contributed by atoms with E-state index in [1.807, 2.05) is 6.92 Å². The van der Waals surface area contributed by atoms with E-state index in [4.69, 9.17) is 10.2 Å². The zero-order valence-corrected chi connectivity index (χ0v) is 8.28. The average Bonchev–Trinajstić information content (AvgIpc) is 2.10. The quantitative estimate of drug-likeness (QED) is 0.522. The summed E-state index contributed by atoms with van der Waals surface area (Å²) < 4.78 is 0. The van der Waals surface area contributed by atoms with Gasteiger partial charge in [-0.3, -0.25) is 0 Å². The van der Waals surface area contributed by atoms with Crippen LogP contribution in [0.4, 0.5) is 0 Å². The van der Waals surface area contributed by atoms with Crippen LogP contribution in [0.25, 0.3) is 0 Å². The molecule has 0 aromatic rings. The number of carboxylic acid groups (broad SMARTS) is 2. The molecule has 0 fully saturated rings. The van der Waals surface area contributed by atoms with Gasteiger partial charge in [0, 0.05) is 5.57 Å². The Bertz CT molecular complexity index is 286. The first kappa shape index (κ1) is 12.4. The Labute approximate surface area is 82.6 Å². The van der Waals surface area contributed by atoms with E-state index in [1.54, 1.807) is 12.2 Å². The molecule has 0 aliphatic heterocycles. The highest BCUT2D eigenvalue weighted by molar-refractivity contribution is 5.98. The number of allylic oxidation sites excluding steroid dienone is 2. The molecule has 0 aromatic heterocycles. The molecule has 0 radical (unpaired) electrons. The molecule has 0 rings (SSSR count). The largest absolute Gasteiger partial charge is 0.478 e. The molecule has 0 aliphatic carbocycles. The molecule has 0 atom stereocenters. The maximum Gasteiger partial charge on any atom is 0.332 e.